The van der Waals surface area contributed by atoms with Crippen LogP contribution in [0, 0.1) is 0 Å². The molecule has 0 amide bonds. The first-order chi connectivity index (χ1) is 8.77. The van der Waals surface area contributed by atoms with Gasteiger partial charge in [0.15, 0.2) is 11.8 Å². The van der Waals surface area contributed by atoms with E-state index >= 15 is 0 Å². The number of hydrogen-bond acceptors (Lipinski definition) is 2. The molecule has 1 aromatic rings. The Morgan fingerprint density at radius 3 is 2.00 bits per heavy atom. The average Bonchev–Trinajstić information content (AvgIpc) is 3.05. The van der Waals surface area contributed by atoms with Gasteiger partial charge in [-0.3, -0.25) is 4.57 Å². The summed E-state index contributed by atoms with van der Waals surface area (Å²) in [6.45, 7) is 0. The van der Waals surface area contributed by atoms with Crippen LogP contribution in [0.3, 0.4) is 0 Å². The van der Waals surface area contributed by atoms with Gasteiger partial charge in [-0.25, -0.2) is 0 Å². The molecule has 3 aliphatic carbocycles. The second-order valence-electron chi connectivity index (χ2n) is 5.97. The summed E-state index contributed by atoms with van der Waals surface area (Å²) < 4.78 is 1.82. The van der Waals surface area contributed by atoms with Crippen LogP contribution in [-0.2, 0) is 0 Å². The van der Waals surface area contributed by atoms with E-state index in [1.165, 1.54) is 19.3 Å². The van der Waals surface area contributed by atoms with Crippen LogP contribution >= 0.6 is 0 Å². The molecule has 0 spiro atoms. The average molecular weight is 245 g/mol. The minimum Gasteiger partial charge on any atom is -0.494 e. The van der Waals surface area contributed by atoms with Crippen molar-refractivity contribution < 1.29 is 10.2 Å². The minimum absolute atomic E-state index is 0.295. The predicted molar refractivity (Wildman–Crippen MR) is 69.1 cm³/mol. The Balaban J connectivity index is 1.81. The molecule has 1 heterocycles. The molecule has 0 aromatic carbocycles. The summed E-state index contributed by atoms with van der Waals surface area (Å²) in [7, 11) is 0. The van der Waals surface area contributed by atoms with Gasteiger partial charge in [0, 0.05) is 29.0 Å². The topological polar surface area (TPSA) is 45.4 Å². The molecule has 0 aliphatic heterocycles. The summed E-state index contributed by atoms with van der Waals surface area (Å²) in [5, 5.41) is 20.9. The first-order valence-electron chi connectivity index (χ1n) is 7.11. The summed E-state index contributed by atoms with van der Waals surface area (Å²) in [4.78, 5) is 0. The van der Waals surface area contributed by atoms with Crippen molar-refractivity contribution in [3.63, 3.8) is 0 Å². The highest BCUT2D eigenvalue weighted by Crippen LogP contribution is 2.57. The molecular weight excluding hydrogens is 226 g/mol. The van der Waals surface area contributed by atoms with E-state index in [1.807, 2.05) is 4.57 Å². The molecule has 2 bridgehead atoms. The fourth-order valence-electron chi connectivity index (χ4n) is 4.14. The molecule has 2 N–H and O–H groups in total. The minimum atomic E-state index is 0.295. The Morgan fingerprint density at radius 1 is 0.889 bits per heavy atom. The standard InChI is InChI=1S/C15H19NO2/c17-14-12-9-6-7-10(8-9)13(12)15(18)16(14)11-4-2-1-3-5-11/h6-7,9-11,17-18H,1-5,8H2. The SMILES string of the molecule is Oc1c2c(c(O)n1C1CCCCC1)C1C=CC2C1. The lowest BCUT2D eigenvalue weighted by molar-refractivity contribution is 0.279. The third kappa shape index (κ3) is 1.20. The molecule has 2 unspecified atom stereocenters. The Hall–Kier alpha value is -1.38. The van der Waals surface area contributed by atoms with E-state index < -0.39 is 0 Å². The van der Waals surface area contributed by atoms with Crippen LogP contribution < -0.4 is 0 Å². The van der Waals surface area contributed by atoms with Gasteiger partial charge in [0.05, 0.1) is 0 Å². The molecule has 18 heavy (non-hydrogen) atoms. The molecule has 0 saturated heterocycles. The van der Waals surface area contributed by atoms with Gasteiger partial charge in [0.25, 0.3) is 0 Å². The van der Waals surface area contributed by atoms with Gasteiger partial charge in [-0.15, -0.1) is 0 Å². The number of aromatic hydroxyl groups is 2. The lowest BCUT2D eigenvalue weighted by Gasteiger charge is -2.25. The Bertz CT molecular complexity index is 488. The zero-order chi connectivity index (χ0) is 12.3. The quantitative estimate of drug-likeness (QED) is 0.743. The van der Waals surface area contributed by atoms with Crippen LogP contribution in [-0.4, -0.2) is 14.8 Å². The number of nitrogens with zero attached hydrogens (tertiary/aromatic N) is 1. The zero-order valence-electron chi connectivity index (χ0n) is 10.5. The van der Waals surface area contributed by atoms with Crippen LogP contribution in [0.4, 0.5) is 0 Å². The van der Waals surface area contributed by atoms with E-state index in [1.54, 1.807) is 0 Å². The first-order valence-corrected chi connectivity index (χ1v) is 7.11. The lowest BCUT2D eigenvalue weighted by atomic mass is 9.95. The summed E-state index contributed by atoms with van der Waals surface area (Å²) in [6.07, 6.45) is 11.3. The second-order valence-corrected chi connectivity index (χ2v) is 5.97. The highest BCUT2D eigenvalue weighted by Gasteiger charge is 2.42. The van der Waals surface area contributed by atoms with Crippen molar-refractivity contribution in [1.29, 1.82) is 0 Å². The van der Waals surface area contributed by atoms with Gasteiger partial charge >= 0.3 is 0 Å². The smallest absolute Gasteiger partial charge is 0.198 e. The normalized spacial score (nSPS) is 30.0. The Kier molecular flexibility index (Phi) is 2.08. The molecule has 2 atom stereocenters. The number of fused-ring (bicyclic) bond motifs is 5. The monoisotopic (exact) mass is 245 g/mol. The molecule has 3 aliphatic rings. The van der Waals surface area contributed by atoms with Gasteiger partial charge in [0.2, 0.25) is 0 Å². The largest absolute Gasteiger partial charge is 0.494 e. The van der Waals surface area contributed by atoms with Crippen molar-refractivity contribution in [2.45, 2.75) is 56.4 Å². The Labute approximate surface area is 107 Å². The van der Waals surface area contributed by atoms with E-state index in [9.17, 15) is 10.2 Å². The number of hydrogen-bond donors (Lipinski definition) is 2. The molecule has 1 saturated carbocycles. The molecule has 3 nitrogen and oxygen atoms in total. The maximum atomic E-state index is 10.5. The highest BCUT2D eigenvalue weighted by molar-refractivity contribution is 5.58. The number of aromatic nitrogens is 1. The van der Waals surface area contributed by atoms with Crippen LogP contribution in [0.15, 0.2) is 12.2 Å². The van der Waals surface area contributed by atoms with E-state index in [-0.39, 0.29) is 0 Å². The van der Waals surface area contributed by atoms with Crippen molar-refractivity contribution in [3.8, 4) is 11.8 Å². The Morgan fingerprint density at radius 2 is 1.44 bits per heavy atom. The van der Waals surface area contributed by atoms with Gasteiger partial charge in [-0.2, -0.15) is 0 Å². The van der Waals surface area contributed by atoms with Crippen LogP contribution in [0.25, 0.3) is 0 Å². The summed E-state index contributed by atoms with van der Waals surface area (Å²) in [5.41, 5.74) is 2.01. The van der Waals surface area contributed by atoms with Crippen molar-refractivity contribution in [2.75, 3.05) is 0 Å². The molecule has 1 fully saturated rings. The van der Waals surface area contributed by atoms with Gasteiger partial charge < -0.3 is 10.2 Å². The second kappa shape index (κ2) is 3.56. The highest BCUT2D eigenvalue weighted by atomic mass is 16.3. The lowest BCUT2D eigenvalue weighted by Crippen LogP contribution is -2.12. The predicted octanol–water partition coefficient (Wildman–Crippen LogP) is 3.55. The summed E-state index contributed by atoms with van der Waals surface area (Å²) in [5.74, 6) is 1.35. The fourth-order valence-corrected chi connectivity index (χ4v) is 4.14. The van der Waals surface area contributed by atoms with Gasteiger partial charge in [0.1, 0.15) is 0 Å². The van der Waals surface area contributed by atoms with Crippen LogP contribution in [0.1, 0.15) is 67.5 Å². The molecule has 4 rings (SSSR count). The summed E-state index contributed by atoms with van der Waals surface area (Å²) >= 11 is 0. The first kappa shape index (κ1) is 10.5. The van der Waals surface area contributed by atoms with E-state index in [2.05, 4.69) is 12.2 Å². The third-order valence-electron chi connectivity index (χ3n) is 4.99. The maximum Gasteiger partial charge on any atom is 0.198 e. The van der Waals surface area contributed by atoms with E-state index in [0.29, 0.717) is 29.6 Å². The van der Waals surface area contributed by atoms with Crippen LogP contribution in [0.2, 0.25) is 0 Å². The molecule has 3 heteroatoms. The maximum absolute atomic E-state index is 10.5. The molecule has 0 radical (unpaired) electrons. The molecular formula is C15H19NO2. The van der Waals surface area contributed by atoms with Crippen molar-refractivity contribution in [1.82, 2.24) is 4.57 Å². The van der Waals surface area contributed by atoms with E-state index in [0.717, 1.165) is 30.4 Å². The van der Waals surface area contributed by atoms with Crippen molar-refractivity contribution in [2.24, 2.45) is 0 Å². The van der Waals surface area contributed by atoms with Gasteiger partial charge in [-0.1, -0.05) is 31.4 Å². The van der Waals surface area contributed by atoms with Crippen molar-refractivity contribution in [3.05, 3.63) is 23.3 Å². The van der Waals surface area contributed by atoms with Crippen LogP contribution in [0.5, 0.6) is 11.8 Å². The van der Waals surface area contributed by atoms with E-state index in [4.69, 9.17) is 0 Å². The molecule has 96 valence electrons. The zero-order valence-corrected chi connectivity index (χ0v) is 10.5. The van der Waals surface area contributed by atoms with Gasteiger partial charge in [-0.05, 0) is 19.3 Å². The third-order valence-corrected chi connectivity index (χ3v) is 4.99. The number of allylic oxidation sites excluding steroid dienone is 2. The fraction of sp³-hybridized carbons (Fsp3) is 0.600. The van der Waals surface area contributed by atoms with Crippen molar-refractivity contribution >= 4 is 0 Å². The number of rotatable bonds is 1. The summed E-state index contributed by atoms with van der Waals surface area (Å²) in [6, 6.07) is 0.295. The molecule has 1 aromatic heterocycles.